The van der Waals surface area contributed by atoms with Crippen molar-refractivity contribution >= 4 is 11.9 Å². The zero-order valence-electron chi connectivity index (χ0n) is 15.2. The topological polar surface area (TPSA) is 79.4 Å². The minimum absolute atomic E-state index is 0.228. The van der Waals surface area contributed by atoms with E-state index < -0.39 is 0 Å². The second-order valence-electron chi connectivity index (χ2n) is 6.24. The van der Waals surface area contributed by atoms with Gasteiger partial charge in [0.1, 0.15) is 11.5 Å². The SMILES string of the molecule is O=C(NCCN1CCOCC1)c1ccnc(NCCc2ccccc2F)n1. The molecule has 0 radical (unpaired) electrons. The zero-order valence-corrected chi connectivity index (χ0v) is 15.2. The Bertz CT molecular complexity index is 752. The zero-order chi connectivity index (χ0) is 18.9. The fourth-order valence-electron chi connectivity index (χ4n) is 2.82. The van der Waals surface area contributed by atoms with Crippen LogP contribution in [0, 0.1) is 5.82 Å². The lowest BCUT2D eigenvalue weighted by Gasteiger charge is -2.26. The van der Waals surface area contributed by atoms with Crippen molar-refractivity contribution in [2.24, 2.45) is 0 Å². The van der Waals surface area contributed by atoms with E-state index in [1.54, 1.807) is 24.3 Å². The molecule has 27 heavy (non-hydrogen) atoms. The monoisotopic (exact) mass is 373 g/mol. The summed E-state index contributed by atoms with van der Waals surface area (Å²) in [5.41, 5.74) is 0.933. The van der Waals surface area contributed by atoms with Gasteiger partial charge in [0.05, 0.1) is 13.2 Å². The van der Waals surface area contributed by atoms with Crippen LogP contribution in [0.25, 0.3) is 0 Å². The van der Waals surface area contributed by atoms with Crippen molar-refractivity contribution in [2.45, 2.75) is 6.42 Å². The molecule has 1 amide bonds. The lowest BCUT2D eigenvalue weighted by molar-refractivity contribution is 0.0383. The van der Waals surface area contributed by atoms with Crippen LogP contribution >= 0.6 is 0 Å². The van der Waals surface area contributed by atoms with Gasteiger partial charge < -0.3 is 15.4 Å². The van der Waals surface area contributed by atoms with Crippen molar-refractivity contribution in [1.29, 1.82) is 0 Å². The number of nitrogens with zero attached hydrogens (tertiary/aromatic N) is 3. The molecule has 2 heterocycles. The highest BCUT2D eigenvalue weighted by Crippen LogP contribution is 2.07. The first kappa shape index (κ1) is 19.2. The van der Waals surface area contributed by atoms with E-state index in [2.05, 4.69) is 25.5 Å². The van der Waals surface area contributed by atoms with Crippen molar-refractivity contribution in [1.82, 2.24) is 20.2 Å². The molecular weight excluding hydrogens is 349 g/mol. The lowest BCUT2D eigenvalue weighted by Crippen LogP contribution is -2.41. The number of nitrogens with one attached hydrogen (secondary N) is 2. The quantitative estimate of drug-likeness (QED) is 0.727. The summed E-state index contributed by atoms with van der Waals surface area (Å²) in [5, 5.41) is 5.91. The minimum Gasteiger partial charge on any atom is -0.379 e. The molecule has 1 fully saturated rings. The average molecular weight is 373 g/mol. The number of morpholine rings is 1. The number of rotatable bonds is 8. The van der Waals surface area contributed by atoms with Crippen LogP contribution in [0.4, 0.5) is 10.3 Å². The van der Waals surface area contributed by atoms with Gasteiger partial charge in [0, 0.05) is 38.9 Å². The van der Waals surface area contributed by atoms with Gasteiger partial charge in [-0.1, -0.05) is 18.2 Å². The van der Waals surface area contributed by atoms with Crippen LogP contribution in [0.5, 0.6) is 0 Å². The molecule has 0 bridgehead atoms. The molecule has 8 heteroatoms. The molecule has 0 aliphatic carbocycles. The largest absolute Gasteiger partial charge is 0.379 e. The van der Waals surface area contributed by atoms with Gasteiger partial charge in [-0.05, 0) is 24.1 Å². The van der Waals surface area contributed by atoms with Gasteiger partial charge in [-0.3, -0.25) is 9.69 Å². The van der Waals surface area contributed by atoms with E-state index in [1.807, 2.05) is 0 Å². The molecule has 2 aromatic rings. The van der Waals surface area contributed by atoms with Crippen LogP contribution in [-0.2, 0) is 11.2 Å². The van der Waals surface area contributed by atoms with E-state index in [0.29, 0.717) is 36.7 Å². The van der Waals surface area contributed by atoms with E-state index in [-0.39, 0.29) is 11.7 Å². The standard InChI is InChI=1S/C19H24FN5O2/c20-16-4-2-1-3-15(16)5-7-22-19-23-8-6-17(24-19)18(26)21-9-10-25-11-13-27-14-12-25/h1-4,6,8H,5,7,9-14H2,(H,21,26)(H,22,23,24). The van der Waals surface area contributed by atoms with Crippen molar-refractivity contribution in [3.63, 3.8) is 0 Å². The van der Waals surface area contributed by atoms with Gasteiger partial charge in [0.2, 0.25) is 5.95 Å². The van der Waals surface area contributed by atoms with Crippen LogP contribution in [0.2, 0.25) is 0 Å². The second-order valence-corrected chi connectivity index (χ2v) is 6.24. The number of carbonyl (C=O) groups is 1. The first-order valence-corrected chi connectivity index (χ1v) is 9.11. The molecule has 1 saturated heterocycles. The third kappa shape index (κ3) is 5.97. The molecule has 144 valence electrons. The van der Waals surface area contributed by atoms with Gasteiger partial charge >= 0.3 is 0 Å². The van der Waals surface area contributed by atoms with Crippen molar-refractivity contribution in [3.8, 4) is 0 Å². The Kier molecular flexibility index (Phi) is 7.06. The number of ether oxygens (including phenoxy) is 1. The summed E-state index contributed by atoms with van der Waals surface area (Å²) in [5.74, 6) is -0.108. The summed E-state index contributed by atoms with van der Waals surface area (Å²) in [7, 11) is 0. The van der Waals surface area contributed by atoms with Crippen LogP contribution in [0.15, 0.2) is 36.5 Å². The van der Waals surface area contributed by atoms with E-state index in [1.165, 1.54) is 12.3 Å². The van der Waals surface area contributed by atoms with Crippen molar-refractivity contribution in [2.75, 3.05) is 51.3 Å². The molecular formula is C19H24FN5O2. The van der Waals surface area contributed by atoms with Crippen LogP contribution in [0.3, 0.4) is 0 Å². The Morgan fingerprint density at radius 3 is 2.81 bits per heavy atom. The van der Waals surface area contributed by atoms with Crippen molar-refractivity contribution < 1.29 is 13.9 Å². The molecule has 3 rings (SSSR count). The van der Waals surface area contributed by atoms with E-state index in [0.717, 1.165) is 32.8 Å². The number of hydrogen-bond acceptors (Lipinski definition) is 6. The Labute approximate surface area is 158 Å². The number of aromatic nitrogens is 2. The molecule has 0 saturated carbocycles. The Morgan fingerprint density at radius 2 is 2.00 bits per heavy atom. The molecule has 1 aromatic heterocycles. The van der Waals surface area contributed by atoms with Crippen LogP contribution in [0.1, 0.15) is 16.1 Å². The van der Waals surface area contributed by atoms with E-state index in [4.69, 9.17) is 4.74 Å². The minimum atomic E-state index is -0.234. The predicted molar refractivity (Wildman–Crippen MR) is 100 cm³/mol. The molecule has 1 aromatic carbocycles. The highest BCUT2D eigenvalue weighted by atomic mass is 19.1. The summed E-state index contributed by atoms with van der Waals surface area (Å²) in [6.45, 7) is 5.07. The highest BCUT2D eigenvalue weighted by molar-refractivity contribution is 5.92. The summed E-state index contributed by atoms with van der Waals surface area (Å²) in [4.78, 5) is 22.8. The Hall–Kier alpha value is -2.58. The molecule has 1 aliphatic heterocycles. The number of hydrogen-bond donors (Lipinski definition) is 2. The van der Waals surface area contributed by atoms with E-state index in [9.17, 15) is 9.18 Å². The van der Waals surface area contributed by atoms with Gasteiger partial charge in [-0.25, -0.2) is 14.4 Å². The number of carbonyl (C=O) groups excluding carboxylic acids is 1. The molecule has 1 aliphatic rings. The van der Waals surface area contributed by atoms with Gasteiger partial charge in [-0.2, -0.15) is 0 Å². The van der Waals surface area contributed by atoms with Gasteiger partial charge in [0.25, 0.3) is 5.91 Å². The maximum atomic E-state index is 13.6. The fourth-order valence-corrected chi connectivity index (χ4v) is 2.82. The molecule has 0 spiro atoms. The number of benzene rings is 1. The molecule has 2 N–H and O–H groups in total. The van der Waals surface area contributed by atoms with E-state index >= 15 is 0 Å². The summed E-state index contributed by atoms with van der Waals surface area (Å²) < 4.78 is 18.9. The summed E-state index contributed by atoms with van der Waals surface area (Å²) in [6.07, 6.45) is 2.04. The molecule has 0 atom stereocenters. The summed E-state index contributed by atoms with van der Waals surface area (Å²) >= 11 is 0. The predicted octanol–water partition coefficient (Wildman–Crippen LogP) is 1.33. The first-order valence-electron chi connectivity index (χ1n) is 9.11. The fraction of sp³-hybridized carbons (Fsp3) is 0.421. The number of amides is 1. The van der Waals surface area contributed by atoms with Gasteiger partial charge in [0.15, 0.2) is 0 Å². The number of halogens is 1. The maximum Gasteiger partial charge on any atom is 0.270 e. The molecule has 0 unspecified atom stereocenters. The van der Waals surface area contributed by atoms with Crippen molar-refractivity contribution in [3.05, 3.63) is 53.6 Å². The maximum absolute atomic E-state index is 13.6. The molecule has 7 nitrogen and oxygen atoms in total. The lowest BCUT2D eigenvalue weighted by atomic mass is 10.1. The normalized spacial score (nSPS) is 14.7. The third-order valence-corrected chi connectivity index (χ3v) is 4.34. The number of anilines is 1. The second kappa shape index (κ2) is 9.94. The Balaban J connectivity index is 1.44. The van der Waals surface area contributed by atoms with Crippen LogP contribution in [-0.4, -0.2) is 66.7 Å². The average Bonchev–Trinajstić information content (AvgIpc) is 2.70. The smallest absolute Gasteiger partial charge is 0.270 e. The third-order valence-electron chi connectivity index (χ3n) is 4.34. The summed E-state index contributed by atoms with van der Waals surface area (Å²) in [6, 6.07) is 8.23. The van der Waals surface area contributed by atoms with Crippen LogP contribution < -0.4 is 10.6 Å². The Morgan fingerprint density at radius 1 is 1.19 bits per heavy atom. The first-order chi connectivity index (χ1) is 13.2. The highest BCUT2D eigenvalue weighted by Gasteiger charge is 2.12. The van der Waals surface area contributed by atoms with Gasteiger partial charge in [-0.15, -0.1) is 0 Å².